The molecule has 3 aromatic rings. The number of nitrogens with one attached hydrogen (secondary N) is 3. The largest absolute Gasteiger partial charge is 0.484 e. The number of ether oxygens (including phenoxy) is 2. The highest BCUT2D eigenvalue weighted by molar-refractivity contribution is 6.01. The molecule has 1 aliphatic rings. The van der Waals surface area contributed by atoms with E-state index in [-0.39, 0.29) is 42.1 Å². The molecule has 4 rings (SSSR count). The Kier molecular flexibility index (Phi) is 8.70. The minimum atomic E-state index is -0.837. The Morgan fingerprint density at radius 3 is 2.51 bits per heavy atom. The Labute approximate surface area is 236 Å². The zero-order valence-corrected chi connectivity index (χ0v) is 23.4. The van der Waals surface area contributed by atoms with Crippen LogP contribution in [0.2, 0.25) is 0 Å². The Morgan fingerprint density at radius 2 is 1.83 bits per heavy atom. The van der Waals surface area contributed by atoms with Crippen LogP contribution in [-0.2, 0) is 25.5 Å². The topological polar surface area (TPSA) is 158 Å². The van der Waals surface area contributed by atoms with Gasteiger partial charge in [-0.1, -0.05) is 18.2 Å². The molecule has 41 heavy (non-hydrogen) atoms. The average Bonchev–Trinajstić information content (AvgIpc) is 2.89. The number of fused-ring (bicyclic) bond motifs is 1. The molecular weight excluding hydrogens is 530 g/mol. The number of aromatic nitrogens is 2. The van der Waals surface area contributed by atoms with Crippen LogP contribution >= 0.6 is 0 Å². The zero-order valence-electron chi connectivity index (χ0n) is 23.4. The van der Waals surface area contributed by atoms with Crippen LogP contribution in [0.5, 0.6) is 5.75 Å². The summed E-state index contributed by atoms with van der Waals surface area (Å²) in [6, 6.07) is 11.1. The van der Waals surface area contributed by atoms with Crippen LogP contribution in [-0.4, -0.2) is 52.1 Å². The van der Waals surface area contributed by atoms with E-state index in [1.807, 2.05) is 12.1 Å². The zero-order chi connectivity index (χ0) is 29.7. The minimum absolute atomic E-state index is 0.129. The van der Waals surface area contributed by atoms with Crippen molar-refractivity contribution in [2.75, 3.05) is 18.5 Å². The normalized spacial score (nSPS) is 15.3. The van der Waals surface area contributed by atoms with Crippen molar-refractivity contribution in [1.82, 2.24) is 20.2 Å². The maximum absolute atomic E-state index is 13.3. The summed E-state index contributed by atoms with van der Waals surface area (Å²) in [6.45, 7) is 7.14. The van der Waals surface area contributed by atoms with Gasteiger partial charge in [-0.2, -0.15) is 0 Å². The fourth-order valence-electron chi connectivity index (χ4n) is 4.44. The molecule has 1 unspecified atom stereocenters. The Bertz CT molecular complexity index is 1540. The second-order valence-electron chi connectivity index (χ2n) is 10.7. The van der Waals surface area contributed by atoms with Gasteiger partial charge in [-0.25, -0.2) is 9.78 Å². The highest BCUT2D eigenvalue weighted by Gasteiger charge is 2.30. The lowest BCUT2D eigenvalue weighted by atomic mass is 10.1. The second-order valence-corrected chi connectivity index (χ2v) is 10.7. The first kappa shape index (κ1) is 29.2. The van der Waals surface area contributed by atoms with Gasteiger partial charge in [0.05, 0.1) is 11.1 Å². The molecule has 1 aliphatic heterocycles. The highest BCUT2D eigenvalue weighted by atomic mass is 16.6. The summed E-state index contributed by atoms with van der Waals surface area (Å²) in [5.41, 5.74) is 0.599. The van der Waals surface area contributed by atoms with E-state index in [4.69, 9.17) is 9.47 Å². The maximum atomic E-state index is 13.3. The van der Waals surface area contributed by atoms with Crippen molar-refractivity contribution in [3.05, 3.63) is 64.2 Å². The van der Waals surface area contributed by atoms with Gasteiger partial charge in [0, 0.05) is 13.0 Å². The maximum Gasteiger partial charge on any atom is 0.407 e. The molecule has 1 saturated heterocycles. The first-order chi connectivity index (χ1) is 19.4. The number of carbonyl (C=O) groups excluding carboxylic acids is 4. The molecule has 12 nitrogen and oxygen atoms in total. The number of alkyl carbamates (subject to hydrolysis) is 1. The summed E-state index contributed by atoms with van der Waals surface area (Å²) in [6.07, 6.45) is 0.458. The van der Waals surface area contributed by atoms with Gasteiger partial charge in [0.2, 0.25) is 11.8 Å². The number of carbonyl (C=O) groups is 4. The Morgan fingerprint density at radius 1 is 1.10 bits per heavy atom. The minimum Gasteiger partial charge on any atom is -0.484 e. The summed E-state index contributed by atoms with van der Waals surface area (Å²) in [5, 5.41) is 7.94. The molecule has 0 radical (unpaired) electrons. The van der Waals surface area contributed by atoms with E-state index in [0.29, 0.717) is 24.4 Å². The van der Waals surface area contributed by atoms with Gasteiger partial charge < -0.3 is 20.1 Å². The Balaban J connectivity index is 1.36. The van der Waals surface area contributed by atoms with Crippen LogP contribution in [0.4, 0.5) is 10.5 Å². The monoisotopic (exact) mass is 563 g/mol. The summed E-state index contributed by atoms with van der Waals surface area (Å²) < 4.78 is 12.1. The molecule has 1 fully saturated rings. The molecule has 3 N–H and O–H groups in total. The third kappa shape index (κ3) is 7.47. The van der Waals surface area contributed by atoms with E-state index in [2.05, 4.69) is 20.9 Å². The fraction of sp³-hybridized carbons (Fsp3) is 0.379. The number of nitrogens with zero attached hydrogens (tertiary/aromatic N) is 2. The molecule has 0 aliphatic carbocycles. The van der Waals surface area contributed by atoms with E-state index < -0.39 is 35.1 Å². The molecule has 1 aromatic heterocycles. The number of hydrogen-bond acceptors (Lipinski definition) is 8. The molecular formula is C29H33N5O7. The van der Waals surface area contributed by atoms with E-state index in [1.165, 1.54) is 4.57 Å². The molecule has 216 valence electrons. The van der Waals surface area contributed by atoms with E-state index >= 15 is 0 Å². The van der Waals surface area contributed by atoms with Gasteiger partial charge >= 0.3 is 6.09 Å². The van der Waals surface area contributed by atoms with Crippen molar-refractivity contribution in [3.63, 3.8) is 0 Å². The van der Waals surface area contributed by atoms with Crippen molar-refractivity contribution in [3.8, 4) is 5.75 Å². The van der Waals surface area contributed by atoms with Crippen LogP contribution in [0.1, 0.15) is 51.0 Å². The summed E-state index contributed by atoms with van der Waals surface area (Å²) in [5.74, 6) is -0.586. The van der Waals surface area contributed by atoms with E-state index in [0.717, 1.165) is 5.56 Å². The lowest BCUT2D eigenvalue weighted by Crippen LogP contribution is -2.45. The molecule has 2 heterocycles. The predicted octanol–water partition coefficient (Wildman–Crippen LogP) is 2.77. The summed E-state index contributed by atoms with van der Waals surface area (Å²) >= 11 is 0. The van der Waals surface area contributed by atoms with Crippen LogP contribution < -0.4 is 26.2 Å². The fourth-order valence-corrected chi connectivity index (χ4v) is 4.44. The van der Waals surface area contributed by atoms with Gasteiger partial charge in [-0.05, 0) is 70.4 Å². The lowest BCUT2D eigenvalue weighted by molar-refractivity contribution is -0.135. The standard InChI is InChI=1S/C29H33N5O7/c1-17-31-25-20(27(38)34(17)22-12-13-23(35)33-26(22)37)6-5-7-21(25)32-24(36)16-40-19-10-8-18(9-11-19)14-15-30-28(39)41-29(2,3)4/h5-11,22H,12-16H2,1-4H3,(H,30,39)(H,32,36)(H,33,35,37). The van der Waals surface area contributed by atoms with Gasteiger partial charge in [0.1, 0.15) is 28.7 Å². The van der Waals surface area contributed by atoms with Crippen molar-refractivity contribution >= 4 is 40.4 Å². The van der Waals surface area contributed by atoms with Gasteiger partial charge in [0.15, 0.2) is 6.61 Å². The molecule has 4 amide bonds. The summed E-state index contributed by atoms with van der Waals surface area (Å²) in [4.78, 5) is 66.1. The number of amides is 4. The van der Waals surface area contributed by atoms with Crippen molar-refractivity contribution in [2.24, 2.45) is 0 Å². The van der Waals surface area contributed by atoms with Gasteiger partial charge in [0.25, 0.3) is 11.5 Å². The number of anilines is 1. The summed E-state index contributed by atoms with van der Waals surface area (Å²) in [7, 11) is 0. The van der Waals surface area contributed by atoms with Crippen LogP contribution in [0.15, 0.2) is 47.3 Å². The predicted molar refractivity (Wildman–Crippen MR) is 151 cm³/mol. The first-order valence-corrected chi connectivity index (χ1v) is 13.3. The smallest absolute Gasteiger partial charge is 0.407 e. The molecule has 12 heteroatoms. The number of hydrogen-bond donors (Lipinski definition) is 3. The number of benzene rings is 2. The number of aryl methyl sites for hydroxylation is 1. The third-order valence-corrected chi connectivity index (χ3v) is 6.28. The average molecular weight is 564 g/mol. The highest BCUT2D eigenvalue weighted by Crippen LogP contribution is 2.23. The van der Waals surface area contributed by atoms with Crippen LogP contribution in [0.25, 0.3) is 10.9 Å². The molecule has 2 aromatic carbocycles. The lowest BCUT2D eigenvalue weighted by Gasteiger charge is -2.24. The van der Waals surface area contributed by atoms with E-state index in [1.54, 1.807) is 58.0 Å². The van der Waals surface area contributed by atoms with E-state index in [9.17, 15) is 24.0 Å². The third-order valence-electron chi connectivity index (χ3n) is 6.28. The number of imide groups is 1. The number of piperidine rings is 1. The molecule has 0 spiro atoms. The molecule has 0 saturated carbocycles. The van der Waals surface area contributed by atoms with Gasteiger partial charge in [-0.15, -0.1) is 0 Å². The van der Waals surface area contributed by atoms with Gasteiger partial charge in [-0.3, -0.25) is 29.1 Å². The number of rotatable bonds is 8. The quantitative estimate of drug-likeness (QED) is 0.353. The van der Waals surface area contributed by atoms with Crippen LogP contribution in [0.3, 0.4) is 0 Å². The van der Waals surface area contributed by atoms with Crippen LogP contribution in [0, 0.1) is 6.92 Å². The SMILES string of the molecule is Cc1nc2c(NC(=O)COc3ccc(CCNC(=O)OC(C)(C)C)cc3)cccc2c(=O)n1C1CCC(=O)NC1=O. The first-order valence-electron chi connectivity index (χ1n) is 13.3. The van der Waals surface area contributed by atoms with Crippen molar-refractivity contribution in [1.29, 1.82) is 0 Å². The second kappa shape index (κ2) is 12.2. The van der Waals surface area contributed by atoms with Crippen molar-refractivity contribution in [2.45, 2.75) is 58.6 Å². The Hall–Kier alpha value is -4.74. The molecule has 1 atom stereocenters. The van der Waals surface area contributed by atoms with Crippen molar-refractivity contribution < 1.29 is 28.7 Å². The number of para-hydroxylation sites is 1. The molecule has 0 bridgehead atoms.